The Labute approximate surface area is 259 Å². The zero-order chi connectivity index (χ0) is 31.6. The van der Waals surface area contributed by atoms with Crippen LogP contribution in [0.25, 0.3) is 21.9 Å². The van der Waals surface area contributed by atoms with Crippen molar-refractivity contribution in [2.24, 2.45) is 0 Å². The quantitative estimate of drug-likeness (QED) is 0.0667. The SMILES string of the molecule is C=CC(=O)OCCCOc1ccc(N(c2ccc(OCCCOC(=O)C=C)cc2)c2ccc3oc4ccc(F)cc4c3c2)cc1. The molecule has 0 aliphatic heterocycles. The summed E-state index contributed by atoms with van der Waals surface area (Å²) in [5.74, 6) is 0.0806. The molecule has 1 aromatic heterocycles. The van der Waals surface area contributed by atoms with Crippen molar-refractivity contribution in [3.63, 3.8) is 0 Å². The minimum atomic E-state index is -0.461. The van der Waals surface area contributed by atoms with E-state index in [1.807, 2.05) is 66.7 Å². The molecule has 230 valence electrons. The summed E-state index contributed by atoms with van der Waals surface area (Å²) in [6.45, 7) is 8.01. The summed E-state index contributed by atoms with van der Waals surface area (Å²) in [5, 5.41) is 1.48. The Morgan fingerprint density at radius 2 is 1.11 bits per heavy atom. The molecule has 5 rings (SSSR count). The third-order valence-corrected chi connectivity index (χ3v) is 6.80. The summed E-state index contributed by atoms with van der Waals surface area (Å²) in [7, 11) is 0. The van der Waals surface area contributed by atoms with Crippen LogP contribution in [0.3, 0.4) is 0 Å². The molecule has 0 unspecified atom stereocenters. The lowest BCUT2D eigenvalue weighted by Crippen LogP contribution is -2.10. The van der Waals surface area contributed by atoms with Crippen molar-refractivity contribution in [2.45, 2.75) is 12.8 Å². The third kappa shape index (κ3) is 7.88. The Kier molecular flexibility index (Phi) is 10.1. The van der Waals surface area contributed by atoms with E-state index in [4.69, 9.17) is 23.4 Å². The molecular weight excluding hydrogens is 577 g/mol. The first kappa shape index (κ1) is 30.9. The van der Waals surface area contributed by atoms with Crippen molar-refractivity contribution >= 4 is 50.9 Å². The number of rotatable bonds is 15. The molecule has 0 fully saturated rings. The molecule has 0 radical (unpaired) electrons. The molecule has 0 saturated heterocycles. The number of halogens is 1. The Morgan fingerprint density at radius 3 is 1.62 bits per heavy atom. The number of nitrogens with zero attached hydrogens (tertiary/aromatic N) is 1. The van der Waals surface area contributed by atoms with Gasteiger partial charge in [0.25, 0.3) is 0 Å². The number of carbonyl (C=O) groups excluding carboxylic acids is 2. The van der Waals surface area contributed by atoms with Gasteiger partial charge >= 0.3 is 11.9 Å². The van der Waals surface area contributed by atoms with E-state index in [0.717, 1.165) is 34.6 Å². The highest BCUT2D eigenvalue weighted by Gasteiger charge is 2.16. The largest absolute Gasteiger partial charge is 0.493 e. The van der Waals surface area contributed by atoms with Gasteiger partial charge in [-0.3, -0.25) is 0 Å². The molecule has 0 amide bonds. The molecule has 0 saturated carbocycles. The zero-order valence-electron chi connectivity index (χ0n) is 24.6. The van der Waals surface area contributed by atoms with Crippen LogP contribution in [-0.2, 0) is 19.1 Å². The molecule has 1 heterocycles. The van der Waals surface area contributed by atoms with Gasteiger partial charge in [0.1, 0.15) is 28.5 Å². The molecule has 8 nitrogen and oxygen atoms in total. The van der Waals surface area contributed by atoms with Gasteiger partial charge in [-0.1, -0.05) is 13.2 Å². The van der Waals surface area contributed by atoms with E-state index in [1.165, 1.54) is 12.1 Å². The van der Waals surface area contributed by atoms with E-state index in [9.17, 15) is 14.0 Å². The van der Waals surface area contributed by atoms with Crippen molar-refractivity contribution in [3.8, 4) is 11.5 Å². The first-order chi connectivity index (χ1) is 21.9. The highest BCUT2D eigenvalue weighted by molar-refractivity contribution is 6.06. The lowest BCUT2D eigenvalue weighted by atomic mass is 10.1. The zero-order valence-corrected chi connectivity index (χ0v) is 24.6. The molecule has 0 atom stereocenters. The van der Waals surface area contributed by atoms with Crippen LogP contribution < -0.4 is 14.4 Å². The fourth-order valence-corrected chi connectivity index (χ4v) is 4.67. The number of carbonyl (C=O) groups is 2. The number of anilines is 3. The number of hydrogen-bond donors (Lipinski definition) is 0. The first-order valence-corrected chi connectivity index (χ1v) is 14.4. The maximum absolute atomic E-state index is 14.1. The van der Waals surface area contributed by atoms with Crippen LogP contribution in [0.2, 0.25) is 0 Å². The van der Waals surface area contributed by atoms with Gasteiger partial charge in [0, 0.05) is 52.8 Å². The van der Waals surface area contributed by atoms with Crippen molar-refractivity contribution in [1.29, 1.82) is 0 Å². The molecule has 0 spiro atoms. The van der Waals surface area contributed by atoms with E-state index < -0.39 is 11.9 Å². The summed E-state index contributed by atoms with van der Waals surface area (Å²) >= 11 is 0. The highest BCUT2D eigenvalue weighted by atomic mass is 19.1. The van der Waals surface area contributed by atoms with Gasteiger partial charge in [0.15, 0.2) is 0 Å². The molecule has 0 aliphatic carbocycles. The number of fused-ring (bicyclic) bond motifs is 3. The van der Waals surface area contributed by atoms with E-state index in [1.54, 1.807) is 6.07 Å². The fourth-order valence-electron chi connectivity index (χ4n) is 4.67. The van der Waals surface area contributed by atoms with E-state index in [2.05, 4.69) is 18.1 Å². The van der Waals surface area contributed by atoms with Gasteiger partial charge in [-0.15, -0.1) is 0 Å². The summed E-state index contributed by atoms with van der Waals surface area (Å²) in [4.78, 5) is 24.5. The highest BCUT2D eigenvalue weighted by Crippen LogP contribution is 2.39. The minimum Gasteiger partial charge on any atom is -0.493 e. The van der Waals surface area contributed by atoms with E-state index in [0.29, 0.717) is 54.1 Å². The van der Waals surface area contributed by atoms with Crippen molar-refractivity contribution < 1.29 is 37.3 Å². The number of esters is 2. The van der Waals surface area contributed by atoms with Crippen LogP contribution in [-0.4, -0.2) is 38.4 Å². The standard InChI is InChI=1S/C36H32FNO7/c1-3-35(39)43-21-5-19-41-29-13-8-26(9-14-29)38(27-10-15-30(16-11-27)42-20-6-22-44-36(40)4-2)28-12-18-34-32(24-28)31-23-25(37)7-17-33(31)45-34/h3-4,7-18,23-24H,1-2,5-6,19-22H2. The number of hydrogen-bond acceptors (Lipinski definition) is 8. The summed E-state index contributed by atoms with van der Waals surface area (Å²) < 4.78 is 41.7. The molecule has 4 aromatic carbocycles. The third-order valence-electron chi connectivity index (χ3n) is 6.80. The Hall–Kier alpha value is -5.57. The van der Waals surface area contributed by atoms with Crippen LogP contribution in [0.15, 0.2) is 115 Å². The molecule has 45 heavy (non-hydrogen) atoms. The predicted molar refractivity (Wildman–Crippen MR) is 171 cm³/mol. The topological polar surface area (TPSA) is 87.4 Å². The van der Waals surface area contributed by atoms with Crippen LogP contribution in [0, 0.1) is 5.82 Å². The van der Waals surface area contributed by atoms with Gasteiger partial charge in [-0.05, 0) is 84.9 Å². The first-order valence-electron chi connectivity index (χ1n) is 14.4. The van der Waals surface area contributed by atoms with Gasteiger partial charge in [-0.2, -0.15) is 0 Å². The summed E-state index contributed by atoms with van der Waals surface area (Å²) in [6.07, 6.45) is 3.34. The van der Waals surface area contributed by atoms with Crippen molar-refractivity contribution in [3.05, 3.63) is 116 Å². The smallest absolute Gasteiger partial charge is 0.330 e. The lowest BCUT2D eigenvalue weighted by Gasteiger charge is -2.26. The van der Waals surface area contributed by atoms with Crippen LogP contribution >= 0.6 is 0 Å². The predicted octanol–water partition coefficient (Wildman–Crippen LogP) is 8.19. The number of benzene rings is 4. The van der Waals surface area contributed by atoms with Crippen molar-refractivity contribution in [1.82, 2.24) is 0 Å². The Bertz CT molecular complexity index is 1720. The number of furan rings is 1. The monoisotopic (exact) mass is 609 g/mol. The minimum absolute atomic E-state index is 0.244. The second-order valence-corrected chi connectivity index (χ2v) is 9.89. The maximum Gasteiger partial charge on any atom is 0.330 e. The lowest BCUT2D eigenvalue weighted by molar-refractivity contribution is -0.138. The summed E-state index contributed by atoms with van der Waals surface area (Å²) in [5.41, 5.74) is 3.82. The van der Waals surface area contributed by atoms with Crippen LogP contribution in [0.5, 0.6) is 11.5 Å². The average molecular weight is 610 g/mol. The molecule has 0 bridgehead atoms. The van der Waals surface area contributed by atoms with Gasteiger partial charge in [0.2, 0.25) is 0 Å². The van der Waals surface area contributed by atoms with Gasteiger partial charge in [-0.25, -0.2) is 14.0 Å². The fraction of sp³-hybridized carbons (Fsp3) is 0.167. The summed E-state index contributed by atoms with van der Waals surface area (Å²) in [6, 6.07) is 25.6. The molecular formula is C36H32FNO7. The molecule has 0 N–H and O–H groups in total. The normalized spacial score (nSPS) is 10.8. The second kappa shape index (κ2) is 14.7. The Morgan fingerprint density at radius 1 is 0.644 bits per heavy atom. The Balaban J connectivity index is 1.37. The van der Waals surface area contributed by atoms with Crippen LogP contribution in [0.4, 0.5) is 21.5 Å². The van der Waals surface area contributed by atoms with Gasteiger partial charge < -0.3 is 28.3 Å². The van der Waals surface area contributed by atoms with Gasteiger partial charge in [0.05, 0.1) is 26.4 Å². The van der Waals surface area contributed by atoms with E-state index in [-0.39, 0.29) is 19.0 Å². The van der Waals surface area contributed by atoms with Crippen LogP contribution in [0.1, 0.15) is 12.8 Å². The maximum atomic E-state index is 14.1. The molecule has 0 aliphatic rings. The molecule has 5 aromatic rings. The second-order valence-electron chi connectivity index (χ2n) is 9.89. The van der Waals surface area contributed by atoms with E-state index >= 15 is 0 Å². The van der Waals surface area contributed by atoms with Crippen molar-refractivity contribution in [2.75, 3.05) is 31.3 Å². The number of ether oxygens (including phenoxy) is 4. The molecule has 9 heteroatoms. The average Bonchev–Trinajstić information content (AvgIpc) is 3.42.